The largest absolute Gasteiger partial charge is 0.496 e. The van der Waals surface area contributed by atoms with Crippen molar-refractivity contribution in [2.45, 2.75) is 6.92 Å². The Bertz CT molecular complexity index is 1310. The second-order valence-electron chi connectivity index (χ2n) is 6.70. The summed E-state index contributed by atoms with van der Waals surface area (Å²) in [6.07, 6.45) is 2.29. The van der Waals surface area contributed by atoms with Crippen molar-refractivity contribution in [1.82, 2.24) is 10.3 Å². The van der Waals surface area contributed by atoms with Gasteiger partial charge in [0.1, 0.15) is 17.2 Å². The fourth-order valence-corrected chi connectivity index (χ4v) is 2.93. The number of anilines is 1. The van der Waals surface area contributed by atoms with Crippen molar-refractivity contribution in [3.63, 3.8) is 0 Å². The van der Waals surface area contributed by atoms with E-state index in [4.69, 9.17) is 31.4 Å². The molecule has 0 aliphatic carbocycles. The Morgan fingerprint density at radius 1 is 1.18 bits per heavy atom. The molecule has 13 heteroatoms. The van der Waals surface area contributed by atoms with E-state index < -0.39 is 16.0 Å². The fourth-order valence-electron chi connectivity index (χ4n) is 2.71. The van der Waals surface area contributed by atoms with Gasteiger partial charge in [-0.05, 0) is 31.2 Å². The molecule has 5 N–H and O–H groups in total. The SMILES string of the molecule is CCNC(=O)Nc1ccc(Oc2ccnc3cc(OC)c(C(N)=O)cc23)cc1Cl.CS(=O)(=O)O. The van der Waals surface area contributed by atoms with Gasteiger partial charge in [-0.2, -0.15) is 8.42 Å². The molecule has 0 fully saturated rings. The van der Waals surface area contributed by atoms with Crippen molar-refractivity contribution in [2.75, 3.05) is 25.2 Å². The van der Waals surface area contributed by atoms with Crippen LogP contribution in [-0.4, -0.2) is 49.8 Å². The van der Waals surface area contributed by atoms with Gasteiger partial charge in [0.2, 0.25) is 0 Å². The summed E-state index contributed by atoms with van der Waals surface area (Å²) in [6, 6.07) is 9.38. The molecule has 3 rings (SSSR count). The molecule has 34 heavy (non-hydrogen) atoms. The van der Waals surface area contributed by atoms with Crippen molar-refractivity contribution in [2.24, 2.45) is 5.73 Å². The first kappa shape index (κ1) is 26.6. The highest BCUT2D eigenvalue weighted by Gasteiger charge is 2.15. The zero-order valence-electron chi connectivity index (χ0n) is 18.5. The highest BCUT2D eigenvalue weighted by molar-refractivity contribution is 7.85. The van der Waals surface area contributed by atoms with Gasteiger partial charge in [-0.15, -0.1) is 0 Å². The minimum atomic E-state index is -3.67. The van der Waals surface area contributed by atoms with Gasteiger partial charge in [0.25, 0.3) is 16.0 Å². The summed E-state index contributed by atoms with van der Waals surface area (Å²) in [5.41, 5.74) is 6.69. The average molecular weight is 511 g/mol. The Morgan fingerprint density at radius 2 is 1.85 bits per heavy atom. The first-order chi connectivity index (χ1) is 15.9. The maximum atomic E-state index is 11.7. The number of aromatic nitrogens is 1. The predicted octanol–water partition coefficient (Wildman–Crippen LogP) is 3.43. The van der Waals surface area contributed by atoms with Gasteiger partial charge < -0.3 is 25.8 Å². The summed E-state index contributed by atoms with van der Waals surface area (Å²) >= 11 is 6.25. The molecule has 1 heterocycles. The van der Waals surface area contributed by atoms with Crippen LogP contribution in [-0.2, 0) is 10.1 Å². The molecule has 3 aromatic rings. The molecule has 0 radical (unpaired) electrons. The smallest absolute Gasteiger partial charge is 0.319 e. The number of hydrogen-bond acceptors (Lipinski definition) is 7. The van der Waals surface area contributed by atoms with Gasteiger partial charge in [-0.1, -0.05) is 11.6 Å². The lowest BCUT2D eigenvalue weighted by atomic mass is 10.1. The van der Waals surface area contributed by atoms with E-state index in [1.165, 1.54) is 7.11 Å². The fraction of sp³-hybridized carbons (Fsp3) is 0.190. The molecule has 11 nitrogen and oxygen atoms in total. The first-order valence-electron chi connectivity index (χ1n) is 9.64. The van der Waals surface area contributed by atoms with Crippen molar-refractivity contribution >= 4 is 50.2 Å². The summed E-state index contributed by atoms with van der Waals surface area (Å²) in [7, 11) is -2.22. The standard InChI is InChI=1S/C20H19ClN4O4.CH4O3S/c1-3-23-20(27)25-15-5-4-11(8-14(15)21)29-17-6-7-24-16-10-18(28-2)13(19(22)26)9-12(16)17;1-5(2,3)4/h4-10H,3H2,1-2H3,(H2,22,26)(H2,23,25,27);1H3,(H,2,3,4). The van der Waals surface area contributed by atoms with Crippen LogP contribution in [0.1, 0.15) is 17.3 Å². The van der Waals surface area contributed by atoms with Gasteiger partial charge in [0.05, 0.1) is 35.2 Å². The summed E-state index contributed by atoms with van der Waals surface area (Å²) in [5, 5.41) is 6.17. The van der Waals surface area contributed by atoms with Crippen LogP contribution < -0.4 is 25.8 Å². The molecule has 0 unspecified atom stereocenters. The number of carbonyl (C=O) groups excluding carboxylic acids is 2. The van der Waals surface area contributed by atoms with E-state index in [0.29, 0.717) is 51.7 Å². The van der Waals surface area contributed by atoms with Crippen LogP contribution in [0.4, 0.5) is 10.5 Å². The lowest BCUT2D eigenvalue weighted by Crippen LogP contribution is -2.28. The Balaban J connectivity index is 0.000000739. The zero-order valence-corrected chi connectivity index (χ0v) is 20.0. The second kappa shape index (κ2) is 11.5. The number of nitrogens with zero attached hydrogens (tertiary/aromatic N) is 1. The van der Waals surface area contributed by atoms with E-state index in [2.05, 4.69) is 15.6 Å². The number of primary amides is 1. The Kier molecular flexibility index (Phi) is 9.01. The number of methoxy groups -OCH3 is 1. The summed E-state index contributed by atoms with van der Waals surface area (Å²) in [5.74, 6) is 0.613. The monoisotopic (exact) mass is 510 g/mol. The van der Waals surface area contributed by atoms with Crippen LogP contribution in [0.15, 0.2) is 42.6 Å². The molecule has 1 aromatic heterocycles. The second-order valence-corrected chi connectivity index (χ2v) is 8.58. The number of nitrogens with one attached hydrogen (secondary N) is 2. The predicted molar refractivity (Wildman–Crippen MR) is 129 cm³/mol. The number of urea groups is 1. The first-order valence-corrected chi connectivity index (χ1v) is 11.9. The summed E-state index contributed by atoms with van der Waals surface area (Å²) in [4.78, 5) is 27.7. The van der Waals surface area contributed by atoms with E-state index in [1.54, 1.807) is 42.6 Å². The number of benzene rings is 2. The van der Waals surface area contributed by atoms with E-state index >= 15 is 0 Å². The molecule has 3 amide bonds. The molecule has 0 saturated heterocycles. The molecule has 0 bridgehead atoms. The molecule has 0 atom stereocenters. The Hall–Kier alpha value is -3.61. The van der Waals surface area contributed by atoms with Gasteiger partial charge in [0.15, 0.2) is 0 Å². The van der Waals surface area contributed by atoms with Gasteiger partial charge >= 0.3 is 6.03 Å². The lowest BCUT2D eigenvalue weighted by Gasteiger charge is -2.13. The molecular weight excluding hydrogens is 488 g/mol. The van der Waals surface area contributed by atoms with Crippen LogP contribution in [0, 0.1) is 0 Å². The maximum absolute atomic E-state index is 11.7. The van der Waals surface area contributed by atoms with Crippen molar-refractivity contribution < 1.29 is 32.0 Å². The molecule has 0 aliphatic rings. The van der Waals surface area contributed by atoms with Gasteiger partial charge in [0, 0.05) is 30.3 Å². The average Bonchev–Trinajstić information content (AvgIpc) is 2.74. The Labute approximate surface area is 201 Å². The normalized spacial score (nSPS) is 10.6. The molecule has 0 aliphatic heterocycles. The number of nitrogens with two attached hydrogens (primary N) is 1. The highest BCUT2D eigenvalue weighted by Crippen LogP contribution is 2.35. The third kappa shape index (κ3) is 7.76. The molecule has 0 spiro atoms. The lowest BCUT2D eigenvalue weighted by molar-refractivity contribution is 0.0997. The number of pyridine rings is 1. The Morgan fingerprint density at radius 3 is 2.41 bits per heavy atom. The van der Waals surface area contributed by atoms with E-state index in [1.807, 2.05) is 6.92 Å². The number of amides is 3. The number of ether oxygens (including phenoxy) is 2. The maximum Gasteiger partial charge on any atom is 0.319 e. The summed E-state index contributed by atoms with van der Waals surface area (Å²) in [6.45, 7) is 2.31. The van der Waals surface area contributed by atoms with Crippen LogP contribution in [0.3, 0.4) is 0 Å². The van der Waals surface area contributed by atoms with Crippen LogP contribution in [0.2, 0.25) is 5.02 Å². The van der Waals surface area contributed by atoms with Crippen molar-refractivity contribution in [3.05, 3.63) is 53.2 Å². The third-order valence-corrected chi connectivity index (χ3v) is 4.35. The van der Waals surface area contributed by atoms with Crippen LogP contribution >= 0.6 is 11.6 Å². The highest BCUT2D eigenvalue weighted by atomic mass is 35.5. The quantitative estimate of drug-likeness (QED) is 0.365. The molecule has 0 saturated carbocycles. The minimum Gasteiger partial charge on any atom is -0.496 e. The van der Waals surface area contributed by atoms with E-state index in [-0.39, 0.29) is 11.6 Å². The van der Waals surface area contributed by atoms with Gasteiger partial charge in [-0.25, -0.2) is 4.79 Å². The minimum absolute atomic E-state index is 0.220. The van der Waals surface area contributed by atoms with Crippen molar-refractivity contribution in [3.8, 4) is 17.2 Å². The van der Waals surface area contributed by atoms with E-state index in [0.717, 1.165) is 0 Å². The third-order valence-electron chi connectivity index (χ3n) is 4.04. The van der Waals surface area contributed by atoms with Crippen LogP contribution in [0.25, 0.3) is 10.9 Å². The number of hydrogen-bond donors (Lipinski definition) is 4. The van der Waals surface area contributed by atoms with Crippen LogP contribution in [0.5, 0.6) is 17.2 Å². The summed E-state index contributed by atoms with van der Waals surface area (Å²) < 4.78 is 37.0. The van der Waals surface area contributed by atoms with Gasteiger partial charge in [-0.3, -0.25) is 14.3 Å². The molecular formula is C21H23ClN4O7S. The topological polar surface area (TPSA) is 170 Å². The number of rotatable bonds is 6. The van der Waals surface area contributed by atoms with Crippen molar-refractivity contribution in [1.29, 1.82) is 0 Å². The molecule has 2 aromatic carbocycles. The number of halogens is 1. The number of fused-ring (bicyclic) bond motifs is 1. The number of carbonyl (C=O) groups is 2. The van der Waals surface area contributed by atoms with E-state index in [9.17, 15) is 18.0 Å². The molecule has 182 valence electrons. The zero-order chi connectivity index (χ0) is 25.5.